The number of aliphatic hydroxyl groups is 3. The number of amides is 1. The van der Waals surface area contributed by atoms with Crippen LogP contribution >= 0.6 is 0 Å². The van der Waals surface area contributed by atoms with Gasteiger partial charge < -0.3 is 25.8 Å². The van der Waals surface area contributed by atoms with Gasteiger partial charge in [0.25, 0.3) is 0 Å². The molecule has 1 radical (unpaired) electrons. The average Bonchev–Trinajstić information content (AvgIpc) is 2.13. The second-order valence-corrected chi connectivity index (χ2v) is 3.31. The van der Waals surface area contributed by atoms with E-state index in [1.54, 1.807) is 0 Å². The van der Waals surface area contributed by atoms with E-state index < -0.39 is 36.7 Å². The van der Waals surface area contributed by atoms with Gasteiger partial charge in [-0.2, -0.15) is 0 Å². The molecule has 0 aromatic carbocycles. The zero-order valence-corrected chi connectivity index (χ0v) is 7.54. The van der Waals surface area contributed by atoms with Crippen LogP contribution in [-0.2, 0) is 9.53 Å². The van der Waals surface area contributed by atoms with Crippen molar-refractivity contribution >= 4 is 5.91 Å². The van der Waals surface area contributed by atoms with Gasteiger partial charge in [-0.05, 0) is 0 Å². The van der Waals surface area contributed by atoms with Gasteiger partial charge in [-0.15, -0.1) is 0 Å². The van der Waals surface area contributed by atoms with Crippen molar-refractivity contribution in [1.82, 2.24) is 0 Å². The van der Waals surface area contributed by atoms with E-state index in [9.17, 15) is 15.0 Å². The molecule has 4 atom stereocenters. The van der Waals surface area contributed by atoms with Crippen LogP contribution in [0.5, 0.6) is 0 Å². The molecular weight excluding hydrogens is 190 g/mol. The molecule has 0 aromatic heterocycles. The maximum Gasteiger partial charge on any atom is 0.217 e. The highest BCUT2D eigenvalue weighted by Gasteiger charge is 2.38. The lowest BCUT2D eigenvalue weighted by atomic mass is 9.90. The first-order chi connectivity index (χ1) is 6.56. The summed E-state index contributed by atoms with van der Waals surface area (Å²) in [5.74, 6) is -1.20. The number of rotatable bonds is 3. The number of primary amides is 1. The van der Waals surface area contributed by atoms with Crippen molar-refractivity contribution in [2.24, 2.45) is 11.7 Å². The van der Waals surface area contributed by atoms with Gasteiger partial charge in [0.2, 0.25) is 5.91 Å². The Labute approximate surface area is 81.3 Å². The summed E-state index contributed by atoms with van der Waals surface area (Å²) in [6.07, 6.45) is -3.26. The molecule has 1 heterocycles. The third-order valence-electron chi connectivity index (χ3n) is 2.21. The summed E-state index contributed by atoms with van der Waals surface area (Å²) in [5.41, 5.74) is 4.94. The Morgan fingerprint density at radius 1 is 1.43 bits per heavy atom. The van der Waals surface area contributed by atoms with E-state index in [0.29, 0.717) is 0 Å². The molecule has 0 aliphatic carbocycles. The Morgan fingerprint density at radius 3 is 2.57 bits per heavy atom. The second-order valence-electron chi connectivity index (χ2n) is 3.31. The van der Waals surface area contributed by atoms with Crippen molar-refractivity contribution < 1.29 is 24.9 Å². The minimum absolute atomic E-state index is 0.0869. The van der Waals surface area contributed by atoms with Gasteiger partial charge in [0.1, 0.15) is 12.2 Å². The number of carbonyl (C=O) groups is 1. The second kappa shape index (κ2) is 4.70. The molecule has 0 bridgehead atoms. The third-order valence-corrected chi connectivity index (χ3v) is 2.21. The summed E-state index contributed by atoms with van der Waals surface area (Å²) in [5, 5.41) is 27.7. The van der Waals surface area contributed by atoms with Crippen LogP contribution in [0.1, 0.15) is 6.42 Å². The van der Waals surface area contributed by atoms with Crippen molar-refractivity contribution in [2.75, 3.05) is 6.61 Å². The van der Waals surface area contributed by atoms with E-state index in [1.165, 1.54) is 6.61 Å². The molecule has 1 fully saturated rings. The summed E-state index contributed by atoms with van der Waals surface area (Å²) in [6, 6.07) is 0. The normalized spacial score (nSPS) is 38.2. The summed E-state index contributed by atoms with van der Waals surface area (Å²) in [6.45, 7) is 0.848. The fourth-order valence-electron chi connectivity index (χ4n) is 1.39. The molecule has 6 nitrogen and oxygen atoms in total. The van der Waals surface area contributed by atoms with Crippen LogP contribution in [0.15, 0.2) is 0 Å². The molecule has 6 heteroatoms. The van der Waals surface area contributed by atoms with Gasteiger partial charge in [-0.3, -0.25) is 4.79 Å². The SMILES string of the molecule is NC(=O)C[C@H]1[CH]O[C@H](CO)[C@@H](O)[C@@H]1O. The zero-order chi connectivity index (χ0) is 10.7. The van der Waals surface area contributed by atoms with Crippen LogP contribution in [0.25, 0.3) is 0 Å². The first-order valence-electron chi connectivity index (χ1n) is 4.30. The Hall–Kier alpha value is -0.690. The van der Waals surface area contributed by atoms with Crippen molar-refractivity contribution in [1.29, 1.82) is 0 Å². The fraction of sp³-hybridized carbons (Fsp3) is 0.750. The van der Waals surface area contributed by atoms with Crippen LogP contribution in [0.4, 0.5) is 0 Å². The highest BCUT2D eigenvalue weighted by atomic mass is 16.5. The molecule has 81 valence electrons. The molecule has 14 heavy (non-hydrogen) atoms. The lowest BCUT2D eigenvalue weighted by molar-refractivity contribution is -0.153. The van der Waals surface area contributed by atoms with Gasteiger partial charge in [-0.25, -0.2) is 0 Å². The number of aliphatic hydroxyl groups excluding tert-OH is 3. The quantitative estimate of drug-likeness (QED) is 0.415. The molecule has 0 saturated carbocycles. The number of carbonyl (C=O) groups excluding carboxylic acids is 1. The van der Waals surface area contributed by atoms with Gasteiger partial charge in [0, 0.05) is 12.3 Å². The molecule has 5 N–H and O–H groups in total. The van der Waals surface area contributed by atoms with Crippen molar-refractivity contribution in [3.8, 4) is 0 Å². The predicted molar refractivity (Wildman–Crippen MR) is 45.6 cm³/mol. The Morgan fingerprint density at radius 2 is 2.07 bits per heavy atom. The third kappa shape index (κ3) is 2.42. The Kier molecular flexibility index (Phi) is 3.82. The minimum Gasteiger partial charge on any atom is -0.394 e. The van der Waals surface area contributed by atoms with Crippen molar-refractivity contribution in [3.63, 3.8) is 0 Å². The highest BCUT2D eigenvalue weighted by Crippen LogP contribution is 2.25. The minimum atomic E-state index is -1.20. The molecule has 0 unspecified atom stereocenters. The van der Waals surface area contributed by atoms with Crippen LogP contribution in [0, 0.1) is 12.5 Å². The van der Waals surface area contributed by atoms with E-state index in [-0.39, 0.29) is 6.42 Å². The summed E-state index contributed by atoms with van der Waals surface area (Å²) < 4.78 is 4.93. The maximum absolute atomic E-state index is 10.6. The summed E-state index contributed by atoms with van der Waals surface area (Å²) >= 11 is 0. The van der Waals surface area contributed by atoms with E-state index in [0.717, 1.165) is 0 Å². The largest absolute Gasteiger partial charge is 0.394 e. The first-order valence-corrected chi connectivity index (χ1v) is 4.30. The number of ether oxygens (including phenoxy) is 1. The molecule has 1 amide bonds. The maximum atomic E-state index is 10.6. The summed E-state index contributed by atoms with van der Waals surface area (Å²) in [7, 11) is 0. The van der Waals surface area contributed by atoms with Crippen LogP contribution in [0.2, 0.25) is 0 Å². The Bertz CT molecular complexity index is 210. The van der Waals surface area contributed by atoms with E-state index >= 15 is 0 Å². The smallest absolute Gasteiger partial charge is 0.217 e. The van der Waals surface area contributed by atoms with Gasteiger partial charge in [-0.1, -0.05) is 0 Å². The Balaban J connectivity index is 2.54. The monoisotopic (exact) mass is 204 g/mol. The molecular formula is C8H14NO5. The molecule has 1 rings (SSSR count). The van der Waals surface area contributed by atoms with Crippen LogP contribution in [-0.4, -0.2) is 46.1 Å². The van der Waals surface area contributed by atoms with Crippen molar-refractivity contribution in [2.45, 2.75) is 24.7 Å². The molecule has 0 spiro atoms. The molecule has 0 aromatic rings. The molecule has 1 aliphatic rings. The number of nitrogens with two attached hydrogens (primary N) is 1. The van der Waals surface area contributed by atoms with Crippen LogP contribution in [0.3, 0.4) is 0 Å². The standard InChI is InChI=1S/C8H14NO5/c9-6(11)1-4-3-14-5(2-10)8(13)7(4)12/h3-5,7-8,10,12-13H,1-2H2,(H2,9,11)/t4-,5+,7+,8+/m0/s1. The topological polar surface area (TPSA) is 113 Å². The van der Waals surface area contributed by atoms with E-state index in [1.807, 2.05) is 0 Å². The highest BCUT2D eigenvalue weighted by molar-refractivity contribution is 5.74. The van der Waals surface area contributed by atoms with Crippen LogP contribution < -0.4 is 5.73 Å². The van der Waals surface area contributed by atoms with Gasteiger partial charge in [0.15, 0.2) is 0 Å². The average molecular weight is 204 g/mol. The lowest BCUT2D eigenvalue weighted by Crippen LogP contribution is -2.50. The predicted octanol–water partition coefficient (Wildman–Crippen LogP) is -2.25. The van der Waals surface area contributed by atoms with E-state index in [4.69, 9.17) is 15.6 Å². The number of hydrogen-bond donors (Lipinski definition) is 4. The fourth-order valence-corrected chi connectivity index (χ4v) is 1.39. The number of hydrogen-bond acceptors (Lipinski definition) is 5. The van der Waals surface area contributed by atoms with Gasteiger partial charge in [0.05, 0.1) is 19.3 Å². The molecule has 1 saturated heterocycles. The van der Waals surface area contributed by atoms with E-state index in [2.05, 4.69) is 0 Å². The summed E-state index contributed by atoms with van der Waals surface area (Å²) in [4.78, 5) is 10.6. The first kappa shape index (κ1) is 11.4. The zero-order valence-electron chi connectivity index (χ0n) is 7.54. The van der Waals surface area contributed by atoms with Crippen molar-refractivity contribution in [3.05, 3.63) is 6.61 Å². The lowest BCUT2D eigenvalue weighted by Gasteiger charge is -2.35. The molecule has 1 aliphatic heterocycles. The van der Waals surface area contributed by atoms with Gasteiger partial charge >= 0.3 is 0 Å².